The number of nitrogens with zero attached hydrogens (tertiary/aromatic N) is 1. The van der Waals surface area contributed by atoms with Crippen LogP contribution in [0.2, 0.25) is 5.02 Å². The number of rotatable bonds is 5. The Morgan fingerprint density at radius 1 is 1.42 bits per heavy atom. The van der Waals surface area contributed by atoms with Gasteiger partial charge < -0.3 is 10.5 Å². The van der Waals surface area contributed by atoms with Gasteiger partial charge in [-0.2, -0.15) is 0 Å². The van der Waals surface area contributed by atoms with E-state index in [1.807, 2.05) is 12.1 Å². The molecule has 2 N–H and O–H groups in total. The van der Waals surface area contributed by atoms with Gasteiger partial charge in [0, 0.05) is 24.7 Å². The first-order valence-corrected chi connectivity index (χ1v) is 6.84. The average Bonchev–Trinajstić information content (AvgIpc) is 2.73. The summed E-state index contributed by atoms with van der Waals surface area (Å²) < 4.78 is 5.64. The van der Waals surface area contributed by atoms with E-state index in [9.17, 15) is 4.79 Å². The molecule has 5 heteroatoms. The van der Waals surface area contributed by atoms with Crippen molar-refractivity contribution in [1.29, 1.82) is 0 Å². The summed E-state index contributed by atoms with van der Waals surface area (Å²) in [5.41, 5.74) is 5.37. The number of hydrogen-bond donors (Lipinski definition) is 1. The van der Waals surface area contributed by atoms with Crippen LogP contribution in [0.1, 0.15) is 6.92 Å². The Bertz CT molecular complexity index is 436. The molecular formula is C14H19ClN2O2. The molecule has 104 valence electrons. The fraction of sp³-hybridized carbons (Fsp3) is 0.500. The Morgan fingerprint density at radius 3 is 2.68 bits per heavy atom. The first-order valence-electron chi connectivity index (χ1n) is 6.46. The third-order valence-corrected chi connectivity index (χ3v) is 3.80. The lowest BCUT2D eigenvalue weighted by atomic mass is 9.98. The van der Waals surface area contributed by atoms with Gasteiger partial charge in [-0.15, -0.1) is 0 Å². The van der Waals surface area contributed by atoms with Gasteiger partial charge in [-0.1, -0.05) is 18.5 Å². The van der Waals surface area contributed by atoms with Gasteiger partial charge in [-0.3, -0.25) is 9.69 Å². The monoisotopic (exact) mass is 282 g/mol. The van der Waals surface area contributed by atoms with Crippen LogP contribution in [0.4, 0.5) is 0 Å². The maximum atomic E-state index is 11.2. The molecule has 1 amide bonds. The fourth-order valence-corrected chi connectivity index (χ4v) is 2.57. The summed E-state index contributed by atoms with van der Waals surface area (Å²) in [4.78, 5) is 13.5. The minimum absolute atomic E-state index is 0.0319. The maximum absolute atomic E-state index is 11.2. The Labute approximate surface area is 118 Å². The van der Waals surface area contributed by atoms with Crippen molar-refractivity contribution in [2.75, 3.05) is 26.2 Å². The van der Waals surface area contributed by atoms with Crippen molar-refractivity contribution in [3.63, 3.8) is 0 Å². The Kier molecular flexibility index (Phi) is 4.66. The predicted octanol–water partition coefficient (Wildman–Crippen LogP) is 1.77. The molecule has 0 bridgehead atoms. The number of benzene rings is 1. The highest BCUT2D eigenvalue weighted by molar-refractivity contribution is 6.30. The van der Waals surface area contributed by atoms with Crippen molar-refractivity contribution in [2.24, 2.45) is 17.6 Å². The zero-order valence-electron chi connectivity index (χ0n) is 11.0. The standard InChI is InChI=1S/C14H19ClN2O2/c1-10-8-17(9-13(10)14(16)18)6-7-19-12-4-2-11(15)3-5-12/h2-5,10,13H,6-9H2,1H3,(H2,16,18)/t10-,13-/m1/s1. The smallest absolute Gasteiger partial charge is 0.222 e. The first-order chi connectivity index (χ1) is 9.06. The largest absolute Gasteiger partial charge is 0.492 e. The molecule has 1 aliphatic heterocycles. The quantitative estimate of drug-likeness (QED) is 0.895. The molecular weight excluding hydrogens is 264 g/mol. The zero-order chi connectivity index (χ0) is 13.8. The number of halogens is 1. The Balaban J connectivity index is 1.75. The molecule has 1 aromatic rings. The third-order valence-electron chi connectivity index (χ3n) is 3.54. The highest BCUT2D eigenvalue weighted by Crippen LogP contribution is 2.22. The summed E-state index contributed by atoms with van der Waals surface area (Å²) in [6, 6.07) is 7.30. The molecule has 1 fully saturated rings. The molecule has 0 aliphatic carbocycles. The van der Waals surface area contributed by atoms with Crippen molar-refractivity contribution in [3.05, 3.63) is 29.3 Å². The predicted molar refractivity (Wildman–Crippen MR) is 75.2 cm³/mol. The number of ether oxygens (including phenoxy) is 1. The molecule has 1 saturated heterocycles. The number of nitrogens with two attached hydrogens (primary N) is 1. The molecule has 0 saturated carbocycles. The normalized spacial score (nSPS) is 23.5. The van der Waals surface area contributed by atoms with E-state index in [0.29, 0.717) is 17.5 Å². The van der Waals surface area contributed by atoms with Gasteiger partial charge >= 0.3 is 0 Å². The molecule has 4 nitrogen and oxygen atoms in total. The lowest BCUT2D eigenvalue weighted by molar-refractivity contribution is -0.122. The minimum Gasteiger partial charge on any atom is -0.492 e. The molecule has 19 heavy (non-hydrogen) atoms. The molecule has 1 aromatic carbocycles. The second-order valence-electron chi connectivity index (χ2n) is 5.05. The van der Waals surface area contributed by atoms with Crippen LogP contribution in [-0.2, 0) is 4.79 Å². The van der Waals surface area contributed by atoms with Crippen molar-refractivity contribution < 1.29 is 9.53 Å². The van der Waals surface area contributed by atoms with Gasteiger partial charge in [0.15, 0.2) is 0 Å². The van der Waals surface area contributed by atoms with E-state index in [1.54, 1.807) is 12.1 Å². The van der Waals surface area contributed by atoms with Crippen LogP contribution in [0.3, 0.4) is 0 Å². The second kappa shape index (κ2) is 6.26. The zero-order valence-corrected chi connectivity index (χ0v) is 11.8. The molecule has 0 spiro atoms. The summed E-state index contributed by atoms with van der Waals surface area (Å²) in [6.07, 6.45) is 0. The van der Waals surface area contributed by atoms with Crippen molar-refractivity contribution in [1.82, 2.24) is 4.90 Å². The second-order valence-corrected chi connectivity index (χ2v) is 5.48. The molecule has 2 rings (SSSR count). The van der Waals surface area contributed by atoms with Crippen molar-refractivity contribution in [3.8, 4) is 5.75 Å². The molecule has 0 unspecified atom stereocenters. The van der Waals surface area contributed by atoms with Crippen LogP contribution < -0.4 is 10.5 Å². The molecule has 1 heterocycles. The fourth-order valence-electron chi connectivity index (χ4n) is 2.44. The van der Waals surface area contributed by atoms with Crippen molar-refractivity contribution in [2.45, 2.75) is 6.92 Å². The lowest BCUT2D eigenvalue weighted by Crippen LogP contribution is -2.30. The van der Waals surface area contributed by atoms with Gasteiger partial charge in [-0.05, 0) is 30.2 Å². The van der Waals surface area contributed by atoms with Crippen molar-refractivity contribution >= 4 is 17.5 Å². The summed E-state index contributed by atoms with van der Waals surface area (Å²) in [6.45, 7) is 5.10. The molecule has 1 aliphatic rings. The molecule has 0 radical (unpaired) electrons. The van der Waals surface area contributed by atoms with Crippen LogP contribution in [0.5, 0.6) is 5.75 Å². The highest BCUT2D eigenvalue weighted by Gasteiger charge is 2.32. The van der Waals surface area contributed by atoms with Gasteiger partial charge in [0.2, 0.25) is 5.91 Å². The van der Waals surface area contributed by atoms with Crippen LogP contribution in [-0.4, -0.2) is 37.0 Å². The summed E-state index contributed by atoms with van der Waals surface area (Å²) >= 11 is 5.80. The number of primary amides is 1. The van der Waals surface area contributed by atoms with Gasteiger partial charge in [0.1, 0.15) is 12.4 Å². The minimum atomic E-state index is -0.200. The first kappa shape index (κ1) is 14.2. The summed E-state index contributed by atoms with van der Waals surface area (Å²) in [7, 11) is 0. The third kappa shape index (κ3) is 3.85. The topological polar surface area (TPSA) is 55.6 Å². The summed E-state index contributed by atoms with van der Waals surface area (Å²) in [5, 5.41) is 0.699. The Morgan fingerprint density at radius 2 is 2.11 bits per heavy atom. The summed E-state index contributed by atoms with van der Waals surface area (Å²) in [5.74, 6) is 0.903. The number of hydrogen-bond acceptors (Lipinski definition) is 3. The van der Waals surface area contributed by atoms with Crippen LogP contribution in [0, 0.1) is 11.8 Å². The van der Waals surface area contributed by atoms with E-state index >= 15 is 0 Å². The number of amides is 1. The molecule has 2 atom stereocenters. The number of carbonyl (C=O) groups excluding carboxylic acids is 1. The maximum Gasteiger partial charge on any atom is 0.222 e. The van der Waals surface area contributed by atoms with Crippen LogP contribution in [0.25, 0.3) is 0 Å². The number of likely N-dealkylation sites (tertiary alicyclic amines) is 1. The van der Waals surface area contributed by atoms with E-state index in [1.165, 1.54) is 0 Å². The average molecular weight is 283 g/mol. The van der Waals surface area contributed by atoms with E-state index in [2.05, 4.69) is 11.8 Å². The van der Waals surface area contributed by atoms with E-state index < -0.39 is 0 Å². The van der Waals surface area contributed by atoms with E-state index in [-0.39, 0.29) is 11.8 Å². The van der Waals surface area contributed by atoms with Gasteiger partial charge in [0.25, 0.3) is 0 Å². The lowest BCUT2D eigenvalue weighted by Gasteiger charge is -2.15. The van der Waals surface area contributed by atoms with Crippen LogP contribution >= 0.6 is 11.6 Å². The van der Waals surface area contributed by atoms with Crippen LogP contribution in [0.15, 0.2) is 24.3 Å². The van der Waals surface area contributed by atoms with Gasteiger partial charge in [-0.25, -0.2) is 0 Å². The SMILES string of the molecule is C[C@@H]1CN(CCOc2ccc(Cl)cc2)C[C@H]1C(N)=O. The van der Waals surface area contributed by atoms with E-state index in [0.717, 1.165) is 25.4 Å². The molecule has 0 aromatic heterocycles. The highest BCUT2D eigenvalue weighted by atomic mass is 35.5. The van der Waals surface area contributed by atoms with Gasteiger partial charge in [0.05, 0.1) is 5.92 Å². The Hall–Kier alpha value is -1.26. The van der Waals surface area contributed by atoms with E-state index in [4.69, 9.17) is 22.1 Å². The number of carbonyl (C=O) groups is 1.